The van der Waals surface area contributed by atoms with Crippen LogP contribution in [0.25, 0.3) is 39.3 Å². The Morgan fingerprint density at radius 2 is 1.48 bits per heavy atom. The van der Waals surface area contributed by atoms with Gasteiger partial charge >= 0.3 is 196 Å². The van der Waals surface area contributed by atoms with Crippen LogP contribution in [0.5, 0.6) is 0 Å². The van der Waals surface area contributed by atoms with Crippen molar-refractivity contribution < 1.29 is 4.39 Å². The van der Waals surface area contributed by atoms with E-state index in [1.807, 2.05) is 24.3 Å². The molecule has 4 heteroatoms. The fourth-order valence-corrected chi connectivity index (χ4v) is 7.71. The second-order valence-electron chi connectivity index (χ2n) is 8.65. The normalized spacial score (nSPS) is 14.2. The van der Waals surface area contributed by atoms with E-state index >= 15 is 0 Å². The third-order valence-electron chi connectivity index (χ3n) is 6.49. The maximum absolute atomic E-state index is 13.5. The zero-order valence-corrected chi connectivity index (χ0v) is 20.3. The van der Waals surface area contributed by atoms with Gasteiger partial charge in [-0.15, -0.1) is 0 Å². The molecule has 1 unspecified atom stereocenters. The van der Waals surface area contributed by atoms with Crippen LogP contribution in [0.15, 0.2) is 97.2 Å². The molecule has 2 heterocycles. The Kier molecular flexibility index (Phi) is 5.36. The van der Waals surface area contributed by atoms with E-state index in [1.165, 1.54) is 35.7 Å². The second-order valence-corrected chi connectivity index (χ2v) is 12.2. The summed E-state index contributed by atoms with van der Waals surface area (Å²) >= 11 is -0.0459. The number of rotatable bonds is 5. The Hall–Kier alpha value is -3.16. The maximum atomic E-state index is 13.5. The van der Waals surface area contributed by atoms with E-state index in [4.69, 9.17) is 4.98 Å². The summed E-state index contributed by atoms with van der Waals surface area (Å²) in [5.41, 5.74) is 7.15. The number of aromatic nitrogens is 2. The molecular weight excluding hydrogens is 470 g/mol. The standard InChI is InChI=1S/C29H24AsFN2/c31-25-17-13-20(14-18-25)26-10-5-19-33-28(22-6-2-1-3-7-22)27(32-29(26)33)21-11-15-24(16-12-21)30-23-8-4-9-23/h1-3,5-7,10-19,23,30H,4,8-9H2. The van der Waals surface area contributed by atoms with Gasteiger partial charge in [0.25, 0.3) is 0 Å². The molecule has 3 aromatic carbocycles. The Morgan fingerprint density at radius 1 is 0.758 bits per heavy atom. The summed E-state index contributed by atoms with van der Waals surface area (Å²) in [6.45, 7) is 0. The van der Waals surface area contributed by atoms with Gasteiger partial charge in [0.1, 0.15) is 0 Å². The topological polar surface area (TPSA) is 17.3 Å². The molecule has 6 rings (SSSR count). The average molecular weight is 494 g/mol. The number of pyridine rings is 1. The molecule has 162 valence electrons. The molecule has 2 nitrogen and oxygen atoms in total. The number of fused-ring (bicyclic) bond motifs is 1. The first-order valence-electron chi connectivity index (χ1n) is 11.5. The van der Waals surface area contributed by atoms with E-state index in [-0.39, 0.29) is 21.6 Å². The fourth-order valence-electron chi connectivity index (χ4n) is 4.51. The minimum absolute atomic E-state index is 0.0459. The van der Waals surface area contributed by atoms with Gasteiger partial charge in [0.05, 0.1) is 0 Å². The number of imidazole rings is 1. The van der Waals surface area contributed by atoms with Gasteiger partial charge in [-0.2, -0.15) is 0 Å². The summed E-state index contributed by atoms with van der Waals surface area (Å²) < 4.78 is 18.2. The van der Waals surface area contributed by atoms with Crippen LogP contribution in [0, 0.1) is 5.82 Å². The van der Waals surface area contributed by atoms with Crippen molar-refractivity contribution in [2.45, 2.75) is 24.0 Å². The van der Waals surface area contributed by atoms with Crippen LogP contribution >= 0.6 is 0 Å². The van der Waals surface area contributed by atoms with Gasteiger partial charge in [0.15, 0.2) is 0 Å². The van der Waals surface area contributed by atoms with E-state index < -0.39 is 0 Å². The molecule has 0 saturated heterocycles. The Labute approximate surface area is 199 Å². The molecule has 0 amide bonds. The molecule has 1 saturated carbocycles. The summed E-state index contributed by atoms with van der Waals surface area (Å²) in [7, 11) is 0. The number of benzene rings is 3. The van der Waals surface area contributed by atoms with Crippen molar-refractivity contribution in [1.29, 1.82) is 0 Å². The van der Waals surface area contributed by atoms with Crippen molar-refractivity contribution in [2.75, 3.05) is 0 Å². The zero-order chi connectivity index (χ0) is 22.2. The monoisotopic (exact) mass is 494 g/mol. The van der Waals surface area contributed by atoms with Crippen LogP contribution < -0.4 is 4.35 Å². The van der Waals surface area contributed by atoms with Gasteiger partial charge in [-0.05, 0) is 0 Å². The molecule has 33 heavy (non-hydrogen) atoms. The molecule has 0 aliphatic heterocycles. The quantitative estimate of drug-likeness (QED) is 0.255. The third-order valence-corrected chi connectivity index (χ3v) is 9.95. The van der Waals surface area contributed by atoms with Gasteiger partial charge in [-0.1, -0.05) is 0 Å². The molecule has 1 atom stereocenters. The number of hydrogen-bond donors (Lipinski definition) is 0. The van der Waals surface area contributed by atoms with Crippen molar-refractivity contribution in [3.05, 3.63) is 103 Å². The zero-order valence-electron chi connectivity index (χ0n) is 18.2. The average Bonchev–Trinajstić information content (AvgIpc) is 3.23. The van der Waals surface area contributed by atoms with E-state index in [9.17, 15) is 4.39 Å². The van der Waals surface area contributed by atoms with Gasteiger partial charge in [-0.25, -0.2) is 4.39 Å². The van der Waals surface area contributed by atoms with E-state index in [1.54, 1.807) is 0 Å². The molecule has 1 aliphatic rings. The summed E-state index contributed by atoms with van der Waals surface area (Å²) in [6.07, 6.45) is 6.31. The predicted molar refractivity (Wildman–Crippen MR) is 136 cm³/mol. The molecule has 2 aromatic heterocycles. The van der Waals surface area contributed by atoms with Crippen LogP contribution in [0.3, 0.4) is 0 Å². The number of hydrogen-bond acceptors (Lipinski definition) is 1. The molecular formula is C29H24AsFN2. The summed E-state index contributed by atoms with van der Waals surface area (Å²) in [4.78, 5) is 5.16. The van der Waals surface area contributed by atoms with Crippen LogP contribution in [0.4, 0.5) is 4.39 Å². The van der Waals surface area contributed by atoms with Crippen LogP contribution in [0.2, 0.25) is 4.71 Å². The molecule has 5 aromatic rings. The Morgan fingerprint density at radius 3 is 2.18 bits per heavy atom. The van der Waals surface area contributed by atoms with Crippen LogP contribution in [0.1, 0.15) is 19.3 Å². The van der Waals surface area contributed by atoms with Crippen molar-refractivity contribution >= 4 is 25.8 Å². The van der Waals surface area contributed by atoms with Gasteiger partial charge < -0.3 is 0 Å². The van der Waals surface area contributed by atoms with Gasteiger partial charge in [0, 0.05) is 0 Å². The van der Waals surface area contributed by atoms with E-state index in [0.29, 0.717) is 0 Å². The van der Waals surface area contributed by atoms with Gasteiger partial charge in [0.2, 0.25) is 0 Å². The van der Waals surface area contributed by atoms with E-state index in [0.717, 1.165) is 44.0 Å². The Bertz CT molecular complexity index is 1400. The summed E-state index contributed by atoms with van der Waals surface area (Å²) in [5.74, 6) is -0.232. The molecule has 1 fully saturated rings. The molecule has 1 aliphatic carbocycles. The first kappa shape index (κ1) is 20.4. The fraction of sp³-hybridized carbons (Fsp3) is 0.138. The summed E-state index contributed by atoms with van der Waals surface area (Å²) in [5, 5.41) is 0. The number of halogens is 1. The van der Waals surface area contributed by atoms with Crippen molar-refractivity contribution in [1.82, 2.24) is 9.38 Å². The third kappa shape index (κ3) is 3.92. The second kappa shape index (κ2) is 8.65. The van der Waals surface area contributed by atoms with Crippen molar-refractivity contribution in [3.63, 3.8) is 0 Å². The molecule has 0 N–H and O–H groups in total. The van der Waals surface area contributed by atoms with Crippen molar-refractivity contribution in [2.24, 2.45) is 0 Å². The minimum atomic E-state index is -0.232. The SMILES string of the molecule is Fc1ccc(-c2cccn3c(-c4ccccc4)c(-c4ccc([AsH]C5CCC5)cc4)nc23)cc1. The van der Waals surface area contributed by atoms with Crippen LogP contribution in [-0.4, -0.2) is 25.1 Å². The van der Waals surface area contributed by atoms with Crippen molar-refractivity contribution in [3.8, 4) is 33.6 Å². The molecule has 0 radical (unpaired) electrons. The first-order chi connectivity index (χ1) is 16.3. The number of nitrogens with zero attached hydrogens (tertiary/aromatic N) is 2. The molecule has 0 bridgehead atoms. The summed E-state index contributed by atoms with van der Waals surface area (Å²) in [6, 6.07) is 30.3. The predicted octanol–water partition coefficient (Wildman–Crippen LogP) is 6.51. The van der Waals surface area contributed by atoms with Crippen LogP contribution in [-0.2, 0) is 0 Å². The first-order valence-corrected chi connectivity index (χ1v) is 13.7. The van der Waals surface area contributed by atoms with E-state index in [2.05, 4.69) is 65.2 Å². The molecule has 0 spiro atoms. The Balaban J connectivity index is 1.51. The van der Waals surface area contributed by atoms with Gasteiger partial charge in [-0.3, -0.25) is 0 Å².